The second-order valence-corrected chi connectivity index (χ2v) is 8.67. The van der Waals surface area contributed by atoms with E-state index >= 15 is 0 Å². The average Bonchev–Trinajstić information content (AvgIpc) is 3.08. The van der Waals surface area contributed by atoms with E-state index in [0.717, 1.165) is 0 Å². The summed E-state index contributed by atoms with van der Waals surface area (Å²) in [6.45, 7) is 1.54. The van der Waals surface area contributed by atoms with Gasteiger partial charge in [-0.3, -0.25) is 4.79 Å². The number of hydrogen-bond donors (Lipinski definition) is 0. The van der Waals surface area contributed by atoms with Crippen LogP contribution in [-0.4, -0.2) is 49.0 Å². The first-order valence-electron chi connectivity index (χ1n) is 7.59. The number of sulfone groups is 1. The van der Waals surface area contributed by atoms with Gasteiger partial charge in [0.05, 0.1) is 22.1 Å². The zero-order chi connectivity index (χ0) is 18.4. The van der Waals surface area contributed by atoms with E-state index in [-0.39, 0.29) is 39.1 Å². The van der Waals surface area contributed by atoms with Crippen molar-refractivity contribution in [3.05, 3.63) is 40.4 Å². The lowest BCUT2D eigenvalue weighted by molar-refractivity contribution is 0.0746. The number of carbonyl (C=O) groups excluding carboxylic acids is 1. The molecule has 6 nitrogen and oxygen atoms in total. The summed E-state index contributed by atoms with van der Waals surface area (Å²) in [5.41, 5.74) is 0.0777. The predicted octanol–water partition coefficient (Wildman–Crippen LogP) is 2.70. The van der Waals surface area contributed by atoms with Crippen LogP contribution in [0.4, 0.5) is 4.39 Å². The fourth-order valence-electron chi connectivity index (χ4n) is 2.94. The van der Waals surface area contributed by atoms with E-state index in [9.17, 15) is 17.6 Å². The average molecular weight is 387 g/mol. The number of benzene rings is 1. The molecule has 1 aromatic carbocycles. The number of amides is 1. The minimum absolute atomic E-state index is 0.0123. The highest BCUT2D eigenvalue weighted by molar-refractivity contribution is 7.91. The summed E-state index contributed by atoms with van der Waals surface area (Å²) in [5.74, 6) is -0.928. The van der Waals surface area contributed by atoms with E-state index in [1.165, 1.54) is 37.1 Å². The Kier molecular flexibility index (Phi) is 4.59. The number of hydrogen-bond acceptors (Lipinski definition) is 5. The molecule has 1 aliphatic rings. The van der Waals surface area contributed by atoms with Crippen LogP contribution in [0.15, 0.2) is 22.7 Å². The van der Waals surface area contributed by atoms with Gasteiger partial charge in [-0.05, 0) is 25.5 Å². The van der Waals surface area contributed by atoms with Crippen molar-refractivity contribution in [1.29, 1.82) is 0 Å². The van der Waals surface area contributed by atoms with Crippen molar-refractivity contribution in [3.8, 4) is 11.3 Å². The third-order valence-electron chi connectivity index (χ3n) is 4.35. The predicted molar refractivity (Wildman–Crippen MR) is 90.8 cm³/mol. The molecule has 1 fully saturated rings. The molecule has 0 aliphatic carbocycles. The lowest BCUT2D eigenvalue weighted by Crippen LogP contribution is -2.38. The van der Waals surface area contributed by atoms with Crippen molar-refractivity contribution in [2.24, 2.45) is 0 Å². The number of rotatable bonds is 3. The smallest absolute Gasteiger partial charge is 0.259 e. The van der Waals surface area contributed by atoms with Crippen molar-refractivity contribution in [1.82, 2.24) is 10.1 Å². The molecule has 1 atom stereocenters. The summed E-state index contributed by atoms with van der Waals surface area (Å²) in [4.78, 5) is 14.3. The standard InChI is InChI=1S/C16H16ClFN2O4S/c1-9-13(16(21)20(2)10-6-7-25(22,23)8-10)15(19-24-9)14-11(17)4-3-5-12(14)18/h3-5,10H,6-8H2,1-2H3/t10-/m0/s1. The molecule has 0 spiro atoms. The van der Waals surface area contributed by atoms with Gasteiger partial charge in [0.2, 0.25) is 0 Å². The maximum Gasteiger partial charge on any atom is 0.259 e. The molecule has 0 N–H and O–H groups in total. The highest BCUT2D eigenvalue weighted by atomic mass is 35.5. The van der Waals surface area contributed by atoms with Crippen molar-refractivity contribution in [2.75, 3.05) is 18.6 Å². The molecule has 0 bridgehead atoms. The topological polar surface area (TPSA) is 80.5 Å². The Morgan fingerprint density at radius 2 is 2.16 bits per heavy atom. The van der Waals surface area contributed by atoms with Gasteiger partial charge in [0.1, 0.15) is 22.8 Å². The lowest BCUT2D eigenvalue weighted by Gasteiger charge is -2.23. The van der Waals surface area contributed by atoms with Crippen LogP contribution in [0.1, 0.15) is 22.5 Å². The second-order valence-electron chi connectivity index (χ2n) is 6.03. The van der Waals surface area contributed by atoms with Crippen LogP contribution >= 0.6 is 11.6 Å². The highest BCUT2D eigenvalue weighted by Crippen LogP contribution is 2.34. The SMILES string of the molecule is Cc1onc(-c2c(F)cccc2Cl)c1C(=O)N(C)[C@H]1CCS(=O)(=O)C1. The van der Waals surface area contributed by atoms with E-state index in [2.05, 4.69) is 5.16 Å². The Labute approximate surface area is 149 Å². The van der Waals surface area contributed by atoms with Crippen LogP contribution in [0.2, 0.25) is 5.02 Å². The summed E-state index contributed by atoms with van der Waals surface area (Å²) in [6.07, 6.45) is 0.366. The number of carbonyl (C=O) groups is 1. The molecule has 3 rings (SSSR count). The van der Waals surface area contributed by atoms with Crippen LogP contribution in [0, 0.1) is 12.7 Å². The summed E-state index contributed by atoms with van der Waals surface area (Å²) in [7, 11) is -1.62. The van der Waals surface area contributed by atoms with Crippen molar-refractivity contribution >= 4 is 27.3 Å². The first-order chi connectivity index (χ1) is 11.7. The fourth-order valence-corrected chi connectivity index (χ4v) is 4.97. The van der Waals surface area contributed by atoms with Gasteiger partial charge in [0.25, 0.3) is 5.91 Å². The van der Waals surface area contributed by atoms with E-state index in [1.54, 1.807) is 0 Å². The third-order valence-corrected chi connectivity index (χ3v) is 6.42. The fraction of sp³-hybridized carbons (Fsp3) is 0.375. The van der Waals surface area contributed by atoms with Crippen LogP contribution in [0.25, 0.3) is 11.3 Å². The summed E-state index contributed by atoms with van der Waals surface area (Å²) in [5, 5.41) is 3.91. The molecule has 0 saturated carbocycles. The van der Waals surface area contributed by atoms with Gasteiger partial charge in [-0.1, -0.05) is 22.8 Å². The van der Waals surface area contributed by atoms with Gasteiger partial charge in [-0.15, -0.1) is 0 Å². The minimum Gasteiger partial charge on any atom is -0.360 e. The molecule has 2 aromatic rings. The summed E-state index contributed by atoms with van der Waals surface area (Å²) < 4.78 is 42.6. The quantitative estimate of drug-likeness (QED) is 0.810. The minimum atomic E-state index is -3.14. The number of nitrogens with zero attached hydrogens (tertiary/aromatic N) is 2. The van der Waals surface area contributed by atoms with Gasteiger partial charge < -0.3 is 9.42 Å². The largest absolute Gasteiger partial charge is 0.360 e. The molecule has 9 heteroatoms. The Morgan fingerprint density at radius 3 is 2.76 bits per heavy atom. The van der Waals surface area contributed by atoms with Crippen molar-refractivity contribution in [3.63, 3.8) is 0 Å². The molecular formula is C16H16ClFN2O4S. The first kappa shape index (κ1) is 17.9. The Balaban J connectivity index is 2.01. The normalized spacial score (nSPS) is 19.1. The summed E-state index contributed by atoms with van der Waals surface area (Å²) >= 11 is 6.07. The van der Waals surface area contributed by atoms with Gasteiger partial charge >= 0.3 is 0 Å². The van der Waals surface area contributed by atoms with Gasteiger partial charge in [-0.25, -0.2) is 12.8 Å². The van der Waals surface area contributed by atoms with E-state index in [4.69, 9.17) is 16.1 Å². The number of aromatic nitrogens is 1. The zero-order valence-corrected chi connectivity index (χ0v) is 15.2. The van der Waals surface area contributed by atoms with E-state index < -0.39 is 27.6 Å². The Morgan fingerprint density at radius 1 is 1.44 bits per heavy atom. The van der Waals surface area contributed by atoms with Crippen molar-refractivity contribution < 1.29 is 22.1 Å². The van der Waals surface area contributed by atoms with Crippen LogP contribution in [0.3, 0.4) is 0 Å². The maximum absolute atomic E-state index is 14.2. The molecule has 1 aliphatic heterocycles. The molecule has 1 amide bonds. The Hall–Kier alpha value is -1.93. The second kappa shape index (κ2) is 6.42. The maximum atomic E-state index is 14.2. The van der Waals surface area contributed by atoms with Crippen LogP contribution in [0.5, 0.6) is 0 Å². The van der Waals surface area contributed by atoms with E-state index in [0.29, 0.717) is 6.42 Å². The zero-order valence-electron chi connectivity index (χ0n) is 13.6. The molecule has 25 heavy (non-hydrogen) atoms. The summed E-state index contributed by atoms with van der Waals surface area (Å²) in [6, 6.07) is 3.72. The van der Waals surface area contributed by atoms with Crippen LogP contribution < -0.4 is 0 Å². The Bertz CT molecular complexity index is 921. The monoisotopic (exact) mass is 386 g/mol. The van der Waals surface area contributed by atoms with Crippen LogP contribution in [-0.2, 0) is 9.84 Å². The molecule has 0 radical (unpaired) electrons. The van der Waals surface area contributed by atoms with Crippen molar-refractivity contribution in [2.45, 2.75) is 19.4 Å². The van der Waals surface area contributed by atoms with Gasteiger partial charge in [-0.2, -0.15) is 0 Å². The molecular weight excluding hydrogens is 371 g/mol. The number of aryl methyl sites for hydroxylation is 1. The molecule has 0 unspecified atom stereocenters. The third kappa shape index (κ3) is 3.28. The molecule has 1 saturated heterocycles. The van der Waals surface area contributed by atoms with E-state index in [1.807, 2.05) is 0 Å². The first-order valence-corrected chi connectivity index (χ1v) is 9.79. The van der Waals surface area contributed by atoms with Gasteiger partial charge in [0, 0.05) is 13.1 Å². The number of halogens is 2. The van der Waals surface area contributed by atoms with Gasteiger partial charge in [0.15, 0.2) is 9.84 Å². The molecule has 1 aromatic heterocycles. The molecule has 2 heterocycles. The highest BCUT2D eigenvalue weighted by Gasteiger charge is 2.35. The molecule has 134 valence electrons. The lowest BCUT2D eigenvalue weighted by atomic mass is 10.0.